The third-order valence-electron chi connectivity index (χ3n) is 6.98. The van der Waals surface area contributed by atoms with E-state index in [4.69, 9.17) is 9.72 Å². The summed E-state index contributed by atoms with van der Waals surface area (Å²) in [7, 11) is 0. The van der Waals surface area contributed by atoms with Gasteiger partial charge in [0.25, 0.3) is 0 Å². The van der Waals surface area contributed by atoms with E-state index < -0.39 is 0 Å². The van der Waals surface area contributed by atoms with Crippen molar-refractivity contribution in [3.8, 4) is 0 Å². The molecule has 1 aromatic heterocycles. The monoisotopic (exact) mass is 420 g/mol. The van der Waals surface area contributed by atoms with Gasteiger partial charge in [-0.25, -0.2) is 4.98 Å². The van der Waals surface area contributed by atoms with E-state index in [1.54, 1.807) is 6.92 Å². The summed E-state index contributed by atoms with van der Waals surface area (Å²) in [5.74, 6) is 1.90. The van der Waals surface area contributed by atoms with E-state index in [-0.39, 0.29) is 23.9 Å². The molecule has 2 fully saturated rings. The quantitative estimate of drug-likeness (QED) is 0.805. The van der Waals surface area contributed by atoms with Crippen molar-refractivity contribution in [2.75, 3.05) is 41.4 Å². The lowest BCUT2D eigenvalue weighted by Crippen LogP contribution is -2.51. The molecule has 5 rings (SSSR count). The zero-order valence-corrected chi connectivity index (χ0v) is 18.7. The van der Waals surface area contributed by atoms with Crippen molar-refractivity contribution in [2.24, 2.45) is 11.8 Å². The molecule has 2 aromatic rings. The van der Waals surface area contributed by atoms with Crippen LogP contribution in [0.2, 0.25) is 0 Å². The van der Waals surface area contributed by atoms with Crippen molar-refractivity contribution in [3.05, 3.63) is 47.7 Å². The van der Waals surface area contributed by atoms with E-state index in [1.807, 2.05) is 25.1 Å². The van der Waals surface area contributed by atoms with Gasteiger partial charge in [0.1, 0.15) is 5.82 Å². The highest BCUT2D eigenvalue weighted by Gasteiger charge is 2.47. The lowest BCUT2D eigenvalue weighted by Gasteiger charge is -2.46. The number of pyridine rings is 1. The molecule has 1 aliphatic carbocycles. The number of nitrogens with one attached hydrogen (secondary N) is 1. The molecule has 2 aliphatic heterocycles. The first-order valence-electron chi connectivity index (χ1n) is 11.5. The molecular formula is C25H32N4O2. The first-order chi connectivity index (χ1) is 15.0. The summed E-state index contributed by atoms with van der Waals surface area (Å²) in [6, 6.07) is 13.0. The van der Waals surface area contributed by atoms with Crippen LogP contribution in [0.1, 0.15) is 44.0 Å². The second-order valence-electron chi connectivity index (χ2n) is 9.20. The van der Waals surface area contributed by atoms with Gasteiger partial charge >= 0.3 is 0 Å². The standard InChI is InChI=1S/C25H32N4O2/c1-16-5-4-6-23(26-16)27-24-17(2)25(19-7-8-19)29(18(3)30)22-10-9-20(15-21(22)24)28-11-13-31-14-12-28/h4-6,9-10,15,17,19,24-25H,7-8,11-14H2,1-3H3,(H,26,27)/t17-,24-,25-/m1/s1. The summed E-state index contributed by atoms with van der Waals surface area (Å²) in [6.07, 6.45) is 2.41. The number of ether oxygens (including phenoxy) is 1. The third-order valence-corrected chi connectivity index (χ3v) is 6.98. The summed E-state index contributed by atoms with van der Waals surface area (Å²) < 4.78 is 5.54. The van der Waals surface area contributed by atoms with Crippen molar-refractivity contribution in [2.45, 2.75) is 45.7 Å². The molecule has 6 heteroatoms. The minimum absolute atomic E-state index is 0.103. The molecule has 0 radical (unpaired) electrons. The maximum Gasteiger partial charge on any atom is 0.224 e. The molecule has 1 N–H and O–H groups in total. The maximum absolute atomic E-state index is 12.8. The van der Waals surface area contributed by atoms with Crippen LogP contribution in [0.25, 0.3) is 0 Å². The van der Waals surface area contributed by atoms with Crippen molar-refractivity contribution in [1.82, 2.24) is 4.98 Å². The van der Waals surface area contributed by atoms with Crippen LogP contribution in [-0.2, 0) is 9.53 Å². The fourth-order valence-corrected chi connectivity index (χ4v) is 5.35. The average molecular weight is 421 g/mol. The number of nitrogens with zero attached hydrogens (tertiary/aromatic N) is 3. The number of carbonyl (C=O) groups excluding carboxylic acids is 1. The lowest BCUT2D eigenvalue weighted by atomic mass is 9.79. The van der Waals surface area contributed by atoms with Gasteiger partial charge in [-0.3, -0.25) is 4.79 Å². The van der Waals surface area contributed by atoms with Gasteiger partial charge in [-0.2, -0.15) is 0 Å². The van der Waals surface area contributed by atoms with Crippen LogP contribution in [0.15, 0.2) is 36.4 Å². The number of fused-ring (bicyclic) bond motifs is 1. The van der Waals surface area contributed by atoms with Gasteiger partial charge in [0.05, 0.1) is 19.3 Å². The second kappa shape index (κ2) is 8.15. The maximum atomic E-state index is 12.8. The van der Waals surface area contributed by atoms with E-state index in [0.29, 0.717) is 5.92 Å². The molecule has 1 saturated carbocycles. The van der Waals surface area contributed by atoms with Gasteiger partial charge in [-0.1, -0.05) is 13.0 Å². The molecular weight excluding hydrogens is 388 g/mol. The summed E-state index contributed by atoms with van der Waals surface area (Å²) in [6.45, 7) is 9.32. The number of rotatable bonds is 4. The van der Waals surface area contributed by atoms with Crippen molar-refractivity contribution < 1.29 is 9.53 Å². The van der Waals surface area contributed by atoms with Gasteiger partial charge < -0.3 is 19.9 Å². The van der Waals surface area contributed by atoms with E-state index in [0.717, 1.165) is 43.5 Å². The van der Waals surface area contributed by atoms with Crippen molar-refractivity contribution >= 4 is 23.1 Å². The number of hydrogen-bond donors (Lipinski definition) is 1. The Bertz CT molecular complexity index is 968. The number of benzene rings is 1. The van der Waals surface area contributed by atoms with Crippen LogP contribution in [0.5, 0.6) is 0 Å². The van der Waals surface area contributed by atoms with Crippen LogP contribution in [0.4, 0.5) is 17.2 Å². The van der Waals surface area contributed by atoms with Crippen molar-refractivity contribution in [3.63, 3.8) is 0 Å². The third kappa shape index (κ3) is 3.89. The molecule has 0 unspecified atom stereocenters. The van der Waals surface area contributed by atoms with Crippen LogP contribution < -0.4 is 15.1 Å². The first-order valence-corrected chi connectivity index (χ1v) is 11.5. The normalized spacial score (nSPS) is 25.8. The van der Waals surface area contributed by atoms with Crippen LogP contribution in [0.3, 0.4) is 0 Å². The Morgan fingerprint density at radius 2 is 1.94 bits per heavy atom. The Hall–Kier alpha value is -2.60. The van der Waals surface area contributed by atoms with E-state index in [2.05, 4.69) is 40.2 Å². The number of amides is 1. The number of hydrogen-bond acceptors (Lipinski definition) is 5. The molecule has 6 nitrogen and oxygen atoms in total. The number of aromatic nitrogens is 1. The fraction of sp³-hybridized carbons (Fsp3) is 0.520. The van der Waals surface area contributed by atoms with E-state index >= 15 is 0 Å². The summed E-state index contributed by atoms with van der Waals surface area (Å²) >= 11 is 0. The Balaban J connectivity index is 1.58. The molecule has 3 heterocycles. The largest absolute Gasteiger partial charge is 0.378 e. The summed E-state index contributed by atoms with van der Waals surface area (Å²) in [5, 5.41) is 3.74. The Kier molecular flexibility index (Phi) is 5.34. The molecule has 3 aliphatic rings. The molecule has 0 bridgehead atoms. The minimum atomic E-state index is 0.103. The predicted molar refractivity (Wildman–Crippen MR) is 124 cm³/mol. The van der Waals surface area contributed by atoms with Gasteiger partial charge in [-0.05, 0) is 56.0 Å². The van der Waals surface area contributed by atoms with Gasteiger partial charge in [0.15, 0.2) is 0 Å². The zero-order chi connectivity index (χ0) is 21.5. The number of morpholine rings is 1. The molecule has 164 valence electrons. The van der Waals surface area contributed by atoms with Crippen molar-refractivity contribution in [1.29, 1.82) is 0 Å². The minimum Gasteiger partial charge on any atom is -0.378 e. The molecule has 0 spiro atoms. The Labute approximate surface area is 184 Å². The van der Waals surface area contributed by atoms with E-state index in [1.165, 1.54) is 24.1 Å². The smallest absolute Gasteiger partial charge is 0.224 e. The second-order valence-corrected chi connectivity index (χ2v) is 9.20. The topological polar surface area (TPSA) is 57.7 Å². The summed E-state index contributed by atoms with van der Waals surface area (Å²) in [5.41, 5.74) is 4.43. The molecule has 1 aromatic carbocycles. The first kappa shape index (κ1) is 20.3. The van der Waals surface area contributed by atoms with Gasteiger partial charge in [0.2, 0.25) is 5.91 Å². The van der Waals surface area contributed by atoms with Crippen LogP contribution in [-0.4, -0.2) is 43.2 Å². The van der Waals surface area contributed by atoms with E-state index in [9.17, 15) is 4.79 Å². The van der Waals surface area contributed by atoms with Crippen LogP contribution >= 0.6 is 0 Å². The number of carbonyl (C=O) groups is 1. The Morgan fingerprint density at radius 1 is 1.16 bits per heavy atom. The predicted octanol–water partition coefficient (Wildman–Crippen LogP) is 4.16. The molecule has 31 heavy (non-hydrogen) atoms. The van der Waals surface area contributed by atoms with Crippen LogP contribution in [0, 0.1) is 18.8 Å². The summed E-state index contributed by atoms with van der Waals surface area (Å²) in [4.78, 5) is 22.0. The average Bonchev–Trinajstić information content (AvgIpc) is 3.60. The fourth-order valence-electron chi connectivity index (χ4n) is 5.35. The molecule has 1 amide bonds. The van der Waals surface area contributed by atoms with Gasteiger partial charge in [-0.15, -0.1) is 0 Å². The molecule has 3 atom stereocenters. The molecule has 1 saturated heterocycles. The highest BCUT2D eigenvalue weighted by atomic mass is 16.5. The Morgan fingerprint density at radius 3 is 2.61 bits per heavy atom. The highest BCUT2D eigenvalue weighted by Crippen LogP contribution is 2.50. The highest BCUT2D eigenvalue weighted by molar-refractivity contribution is 5.94. The number of anilines is 3. The lowest BCUT2D eigenvalue weighted by molar-refractivity contribution is -0.117. The zero-order valence-electron chi connectivity index (χ0n) is 18.7. The SMILES string of the molecule is CC(=O)N1c2ccc(N3CCOCC3)cc2[C@H](Nc2cccc(C)n2)[C@@H](C)[C@@H]1C1CC1. The number of aryl methyl sites for hydroxylation is 1. The van der Waals surface area contributed by atoms with Gasteiger partial charge in [0, 0.05) is 54.6 Å².